The minimum Gasteiger partial charge on any atom is -0.451 e. The fourth-order valence-corrected chi connectivity index (χ4v) is 5.09. The lowest BCUT2D eigenvalue weighted by Gasteiger charge is -2.12. The average molecular weight is 446 g/mol. The first kappa shape index (κ1) is 19.2. The summed E-state index contributed by atoms with van der Waals surface area (Å²) in [6, 6.07) is 33.2. The van der Waals surface area contributed by atoms with Gasteiger partial charge in [-0.3, -0.25) is 0 Å². The Balaban J connectivity index is 1.58. The molecule has 2 aromatic heterocycles. The Kier molecular flexibility index (Phi) is 3.91. The minimum absolute atomic E-state index is 0.0498. The SMILES string of the molecule is N#Cc1nc(C#N)c2oc3c(-c4ccc5c6ccccc6c6ccccc6c5c4)cccc3c2n1. The number of para-hydroxylation sites is 1. The lowest BCUT2D eigenvalue weighted by molar-refractivity contribution is 0.664. The monoisotopic (exact) mass is 446 g/mol. The van der Waals surface area contributed by atoms with E-state index < -0.39 is 0 Å². The standard InChI is InChI=1S/C30H14N4O/c31-15-26-30-28(34-27(16-32)33-26)24-11-5-10-18(29(24)35-30)17-12-13-23-21-8-2-1-6-19(21)20-7-3-4-9-22(20)25(23)14-17/h1-14H. The maximum Gasteiger partial charge on any atom is 0.234 e. The summed E-state index contributed by atoms with van der Waals surface area (Å²) in [6.07, 6.45) is 0. The molecule has 0 fully saturated rings. The second kappa shape index (κ2) is 7.12. The maximum absolute atomic E-state index is 9.56. The number of furan rings is 1. The normalized spacial score (nSPS) is 11.4. The van der Waals surface area contributed by atoms with Gasteiger partial charge in [-0.25, -0.2) is 9.97 Å². The number of benzene rings is 5. The fraction of sp³-hybridized carbons (Fsp3) is 0. The van der Waals surface area contributed by atoms with Crippen molar-refractivity contribution in [1.29, 1.82) is 10.5 Å². The predicted molar refractivity (Wildman–Crippen MR) is 137 cm³/mol. The molecule has 0 saturated carbocycles. The van der Waals surface area contributed by atoms with Crippen molar-refractivity contribution in [3.05, 3.63) is 96.4 Å². The molecular weight excluding hydrogens is 432 g/mol. The van der Waals surface area contributed by atoms with Crippen LogP contribution in [0.3, 0.4) is 0 Å². The summed E-state index contributed by atoms with van der Waals surface area (Å²) in [4.78, 5) is 8.35. The molecule has 7 rings (SSSR count). The van der Waals surface area contributed by atoms with Gasteiger partial charge < -0.3 is 4.42 Å². The molecule has 0 atom stereocenters. The van der Waals surface area contributed by atoms with Crippen LogP contribution < -0.4 is 0 Å². The van der Waals surface area contributed by atoms with Crippen molar-refractivity contribution in [3.63, 3.8) is 0 Å². The molecule has 2 heterocycles. The quantitative estimate of drug-likeness (QED) is 0.248. The third kappa shape index (κ3) is 2.67. The van der Waals surface area contributed by atoms with Gasteiger partial charge in [0.15, 0.2) is 11.3 Å². The molecule has 0 bridgehead atoms. The molecule has 0 radical (unpaired) electrons. The van der Waals surface area contributed by atoms with Crippen molar-refractivity contribution in [2.45, 2.75) is 0 Å². The van der Waals surface area contributed by atoms with Crippen molar-refractivity contribution in [2.24, 2.45) is 0 Å². The van der Waals surface area contributed by atoms with Crippen LogP contribution in [0, 0.1) is 22.7 Å². The first-order valence-corrected chi connectivity index (χ1v) is 11.1. The van der Waals surface area contributed by atoms with Crippen LogP contribution in [0.15, 0.2) is 89.3 Å². The Morgan fingerprint density at radius 2 is 1.20 bits per heavy atom. The Hall–Kier alpha value is -5.26. The molecule has 0 N–H and O–H groups in total. The van der Waals surface area contributed by atoms with Gasteiger partial charge >= 0.3 is 0 Å². The number of nitrogens with zero attached hydrogens (tertiary/aromatic N) is 4. The second-order valence-corrected chi connectivity index (χ2v) is 8.43. The zero-order chi connectivity index (χ0) is 23.5. The van der Waals surface area contributed by atoms with E-state index in [1.54, 1.807) is 0 Å². The van der Waals surface area contributed by atoms with Gasteiger partial charge in [-0.05, 0) is 50.0 Å². The van der Waals surface area contributed by atoms with E-state index in [2.05, 4.69) is 76.7 Å². The molecule has 0 aliphatic heterocycles. The van der Waals surface area contributed by atoms with Gasteiger partial charge in [-0.1, -0.05) is 72.8 Å². The van der Waals surface area contributed by atoms with Gasteiger partial charge in [0.25, 0.3) is 0 Å². The van der Waals surface area contributed by atoms with E-state index in [1.807, 2.05) is 30.3 Å². The summed E-state index contributed by atoms with van der Waals surface area (Å²) >= 11 is 0. The van der Waals surface area contributed by atoms with Crippen LogP contribution in [-0.4, -0.2) is 9.97 Å². The molecule has 35 heavy (non-hydrogen) atoms. The Labute approximate surface area is 199 Å². The molecule has 160 valence electrons. The first-order valence-electron chi connectivity index (χ1n) is 11.1. The largest absolute Gasteiger partial charge is 0.451 e. The van der Waals surface area contributed by atoms with Crippen molar-refractivity contribution < 1.29 is 4.42 Å². The molecular formula is C30H14N4O. The van der Waals surface area contributed by atoms with E-state index in [0.717, 1.165) is 21.9 Å². The summed E-state index contributed by atoms with van der Waals surface area (Å²) in [5.41, 5.74) is 3.34. The third-order valence-corrected chi connectivity index (χ3v) is 6.60. The highest BCUT2D eigenvalue weighted by Gasteiger charge is 2.19. The maximum atomic E-state index is 9.56. The summed E-state index contributed by atoms with van der Waals surface area (Å²) < 4.78 is 6.17. The van der Waals surface area contributed by atoms with E-state index in [0.29, 0.717) is 16.7 Å². The van der Waals surface area contributed by atoms with Crippen LogP contribution in [0.2, 0.25) is 0 Å². The molecule has 0 amide bonds. The number of hydrogen-bond acceptors (Lipinski definition) is 5. The van der Waals surface area contributed by atoms with E-state index >= 15 is 0 Å². The van der Waals surface area contributed by atoms with Crippen molar-refractivity contribution in [3.8, 4) is 23.3 Å². The highest BCUT2D eigenvalue weighted by Crippen LogP contribution is 2.40. The molecule has 0 unspecified atom stereocenters. The van der Waals surface area contributed by atoms with Crippen LogP contribution in [-0.2, 0) is 0 Å². The van der Waals surface area contributed by atoms with Gasteiger partial charge in [0.1, 0.15) is 23.2 Å². The van der Waals surface area contributed by atoms with Crippen molar-refractivity contribution >= 4 is 54.4 Å². The van der Waals surface area contributed by atoms with E-state index in [-0.39, 0.29) is 11.5 Å². The summed E-state index contributed by atoms with van der Waals surface area (Å²) in [7, 11) is 0. The molecule has 5 heteroatoms. The van der Waals surface area contributed by atoms with Crippen LogP contribution in [0.25, 0.3) is 65.5 Å². The Morgan fingerprint density at radius 1 is 0.571 bits per heavy atom. The fourth-order valence-electron chi connectivity index (χ4n) is 5.09. The van der Waals surface area contributed by atoms with Gasteiger partial charge in [0.2, 0.25) is 5.82 Å². The molecule has 0 aliphatic carbocycles. The number of hydrogen-bond donors (Lipinski definition) is 0. The number of aromatic nitrogens is 2. The lowest BCUT2D eigenvalue weighted by Crippen LogP contribution is -1.92. The molecule has 7 aromatic rings. The number of fused-ring (bicyclic) bond motifs is 9. The van der Waals surface area contributed by atoms with Crippen molar-refractivity contribution in [1.82, 2.24) is 9.97 Å². The summed E-state index contributed by atoms with van der Waals surface area (Å²) in [5, 5.41) is 26.8. The number of nitriles is 2. The van der Waals surface area contributed by atoms with Crippen molar-refractivity contribution in [2.75, 3.05) is 0 Å². The first-order chi connectivity index (χ1) is 17.3. The predicted octanol–water partition coefficient (Wildman–Crippen LogP) is 7.25. The smallest absolute Gasteiger partial charge is 0.234 e. The average Bonchev–Trinajstić information content (AvgIpc) is 3.31. The molecule has 0 spiro atoms. The zero-order valence-corrected chi connectivity index (χ0v) is 18.3. The molecule has 5 nitrogen and oxygen atoms in total. The van der Waals surface area contributed by atoms with Gasteiger partial charge in [-0.2, -0.15) is 10.5 Å². The van der Waals surface area contributed by atoms with Gasteiger partial charge in [-0.15, -0.1) is 0 Å². The molecule has 5 aromatic carbocycles. The highest BCUT2D eigenvalue weighted by molar-refractivity contribution is 6.26. The zero-order valence-electron chi connectivity index (χ0n) is 18.3. The lowest BCUT2D eigenvalue weighted by atomic mass is 9.92. The van der Waals surface area contributed by atoms with Gasteiger partial charge in [0, 0.05) is 10.9 Å². The van der Waals surface area contributed by atoms with Crippen LogP contribution in [0.5, 0.6) is 0 Å². The topological polar surface area (TPSA) is 86.5 Å². The van der Waals surface area contributed by atoms with E-state index in [4.69, 9.17) is 4.42 Å². The number of rotatable bonds is 1. The summed E-state index contributed by atoms with van der Waals surface area (Å²) in [5.74, 6) is -0.0498. The Morgan fingerprint density at radius 3 is 1.86 bits per heavy atom. The van der Waals surface area contributed by atoms with Crippen LogP contribution in [0.1, 0.15) is 11.5 Å². The van der Waals surface area contributed by atoms with Crippen LogP contribution >= 0.6 is 0 Å². The van der Waals surface area contributed by atoms with E-state index in [1.165, 1.54) is 26.9 Å². The van der Waals surface area contributed by atoms with E-state index in [9.17, 15) is 10.5 Å². The Bertz CT molecular complexity index is 2060. The van der Waals surface area contributed by atoms with Gasteiger partial charge in [0.05, 0.1) is 0 Å². The highest BCUT2D eigenvalue weighted by atomic mass is 16.3. The second-order valence-electron chi connectivity index (χ2n) is 8.43. The third-order valence-electron chi connectivity index (χ3n) is 6.60. The summed E-state index contributed by atoms with van der Waals surface area (Å²) in [6.45, 7) is 0. The molecule has 0 aliphatic rings. The minimum atomic E-state index is -0.0498. The molecule has 0 saturated heterocycles. The van der Waals surface area contributed by atoms with Crippen LogP contribution in [0.4, 0.5) is 0 Å².